The molecule has 1 heterocycles. The Balaban J connectivity index is 2.31. The Bertz CT molecular complexity index is 561. The Labute approximate surface area is 114 Å². The molecular formula is C13H21N3O2S. The van der Waals surface area contributed by atoms with Gasteiger partial charge < -0.3 is 10.6 Å². The van der Waals surface area contributed by atoms with E-state index in [-0.39, 0.29) is 4.90 Å². The lowest BCUT2D eigenvalue weighted by molar-refractivity contribution is 0.494. The Kier molecular flexibility index (Phi) is 3.73. The Morgan fingerprint density at radius 1 is 1.26 bits per heavy atom. The molecule has 2 atom stereocenters. The monoisotopic (exact) mass is 283 g/mol. The number of nitrogens with two attached hydrogens (primary N) is 1. The number of rotatable bonds is 3. The third-order valence-corrected chi connectivity index (χ3v) is 5.32. The molecule has 1 saturated heterocycles. The number of anilines is 2. The fourth-order valence-corrected chi connectivity index (χ4v) is 3.20. The van der Waals surface area contributed by atoms with Gasteiger partial charge in [-0.05, 0) is 37.1 Å². The Morgan fingerprint density at radius 2 is 1.84 bits per heavy atom. The van der Waals surface area contributed by atoms with Crippen molar-refractivity contribution in [2.24, 2.45) is 11.8 Å². The summed E-state index contributed by atoms with van der Waals surface area (Å²) in [5, 5.41) is 0. The number of sulfonamides is 1. The molecule has 0 aliphatic carbocycles. The molecule has 0 saturated carbocycles. The molecule has 1 aliphatic heterocycles. The summed E-state index contributed by atoms with van der Waals surface area (Å²) in [5.41, 5.74) is 7.44. The standard InChI is InChI=1S/C13H21N3O2S/c1-9-7-16(8-10(9)2)13-5-4-11(6-12(13)14)19(17,18)15-3/h4-6,9-10,15H,7-8,14H2,1-3H3. The highest BCUT2D eigenvalue weighted by Gasteiger charge is 2.27. The van der Waals surface area contributed by atoms with Gasteiger partial charge in [-0.3, -0.25) is 0 Å². The number of hydrogen-bond donors (Lipinski definition) is 2. The van der Waals surface area contributed by atoms with Crippen LogP contribution >= 0.6 is 0 Å². The molecule has 1 aromatic carbocycles. The minimum Gasteiger partial charge on any atom is -0.397 e. The van der Waals surface area contributed by atoms with Crippen LogP contribution in [-0.2, 0) is 10.0 Å². The van der Waals surface area contributed by atoms with Crippen LogP contribution in [0.15, 0.2) is 23.1 Å². The van der Waals surface area contributed by atoms with Crippen LogP contribution in [0.2, 0.25) is 0 Å². The second-order valence-electron chi connectivity index (χ2n) is 5.29. The topological polar surface area (TPSA) is 75.4 Å². The summed E-state index contributed by atoms with van der Waals surface area (Å²) in [6, 6.07) is 4.92. The fraction of sp³-hybridized carbons (Fsp3) is 0.538. The van der Waals surface area contributed by atoms with Gasteiger partial charge in [-0.1, -0.05) is 13.8 Å². The van der Waals surface area contributed by atoms with E-state index in [1.54, 1.807) is 12.1 Å². The van der Waals surface area contributed by atoms with Crippen molar-refractivity contribution in [2.75, 3.05) is 30.8 Å². The smallest absolute Gasteiger partial charge is 0.240 e. The molecule has 19 heavy (non-hydrogen) atoms. The van der Waals surface area contributed by atoms with Gasteiger partial charge in [0.25, 0.3) is 0 Å². The van der Waals surface area contributed by atoms with Crippen molar-refractivity contribution in [3.63, 3.8) is 0 Å². The van der Waals surface area contributed by atoms with Crippen molar-refractivity contribution in [3.05, 3.63) is 18.2 Å². The molecule has 0 radical (unpaired) electrons. The SMILES string of the molecule is CNS(=O)(=O)c1ccc(N2CC(C)C(C)C2)c(N)c1. The minimum absolute atomic E-state index is 0.205. The van der Waals surface area contributed by atoms with E-state index < -0.39 is 10.0 Å². The van der Waals surface area contributed by atoms with Crippen LogP contribution in [0.25, 0.3) is 0 Å². The maximum atomic E-state index is 11.7. The van der Waals surface area contributed by atoms with Crippen LogP contribution in [0.5, 0.6) is 0 Å². The Morgan fingerprint density at radius 3 is 2.32 bits per heavy atom. The first-order valence-corrected chi connectivity index (χ1v) is 7.91. The number of hydrogen-bond acceptors (Lipinski definition) is 4. The Hall–Kier alpha value is -1.27. The van der Waals surface area contributed by atoms with Gasteiger partial charge in [-0.25, -0.2) is 13.1 Å². The molecule has 3 N–H and O–H groups in total. The molecule has 2 rings (SSSR count). The van der Waals surface area contributed by atoms with Gasteiger partial charge in [-0.2, -0.15) is 0 Å². The highest BCUT2D eigenvalue weighted by Crippen LogP contribution is 2.32. The second kappa shape index (κ2) is 5.02. The van der Waals surface area contributed by atoms with Crippen LogP contribution in [0, 0.1) is 11.8 Å². The first-order chi connectivity index (χ1) is 8.85. The molecule has 1 aromatic rings. The zero-order valence-electron chi connectivity index (χ0n) is 11.6. The van der Waals surface area contributed by atoms with Crippen LogP contribution in [0.1, 0.15) is 13.8 Å². The zero-order chi connectivity index (χ0) is 14.2. The van der Waals surface area contributed by atoms with Gasteiger partial charge in [0.2, 0.25) is 10.0 Å². The summed E-state index contributed by atoms with van der Waals surface area (Å²) >= 11 is 0. The number of benzene rings is 1. The molecule has 6 heteroatoms. The average Bonchev–Trinajstić information content (AvgIpc) is 2.69. The molecule has 0 bridgehead atoms. The molecular weight excluding hydrogens is 262 g/mol. The summed E-state index contributed by atoms with van der Waals surface area (Å²) < 4.78 is 25.7. The van der Waals surface area contributed by atoms with Crippen molar-refractivity contribution in [1.29, 1.82) is 0 Å². The van der Waals surface area contributed by atoms with E-state index in [1.165, 1.54) is 13.1 Å². The van der Waals surface area contributed by atoms with Gasteiger partial charge in [-0.15, -0.1) is 0 Å². The van der Waals surface area contributed by atoms with E-state index in [1.807, 2.05) is 0 Å². The predicted molar refractivity (Wildman–Crippen MR) is 77.6 cm³/mol. The number of nitrogens with zero attached hydrogens (tertiary/aromatic N) is 1. The molecule has 0 amide bonds. The lowest BCUT2D eigenvalue weighted by Gasteiger charge is -2.21. The van der Waals surface area contributed by atoms with E-state index in [2.05, 4.69) is 23.5 Å². The summed E-state index contributed by atoms with van der Waals surface area (Å²) in [4.78, 5) is 2.43. The van der Waals surface area contributed by atoms with E-state index in [0.29, 0.717) is 17.5 Å². The lowest BCUT2D eigenvalue weighted by Crippen LogP contribution is -2.22. The van der Waals surface area contributed by atoms with Gasteiger partial charge in [0.15, 0.2) is 0 Å². The summed E-state index contributed by atoms with van der Waals surface area (Å²) in [5.74, 6) is 1.25. The summed E-state index contributed by atoms with van der Waals surface area (Å²) in [7, 11) is -2.04. The molecule has 2 unspecified atom stereocenters. The molecule has 1 aliphatic rings. The van der Waals surface area contributed by atoms with E-state index in [9.17, 15) is 8.42 Å². The maximum Gasteiger partial charge on any atom is 0.240 e. The van der Waals surface area contributed by atoms with E-state index in [0.717, 1.165) is 18.8 Å². The maximum absolute atomic E-state index is 11.7. The molecule has 5 nitrogen and oxygen atoms in total. The van der Waals surface area contributed by atoms with Crippen LogP contribution < -0.4 is 15.4 Å². The van der Waals surface area contributed by atoms with Crippen LogP contribution in [0.4, 0.5) is 11.4 Å². The first kappa shape index (κ1) is 14.1. The largest absolute Gasteiger partial charge is 0.397 e. The molecule has 0 aromatic heterocycles. The van der Waals surface area contributed by atoms with Crippen molar-refractivity contribution in [3.8, 4) is 0 Å². The zero-order valence-corrected chi connectivity index (χ0v) is 12.4. The van der Waals surface area contributed by atoms with Crippen molar-refractivity contribution < 1.29 is 8.42 Å². The fourth-order valence-electron chi connectivity index (χ4n) is 2.43. The molecule has 106 valence electrons. The highest BCUT2D eigenvalue weighted by atomic mass is 32.2. The van der Waals surface area contributed by atoms with Gasteiger partial charge in [0.1, 0.15) is 0 Å². The summed E-state index contributed by atoms with van der Waals surface area (Å²) in [6.45, 7) is 6.37. The lowest BCUT2D eigenvalue weighted by atomic mass is 10.0. The minimum atomic E-state index is -3.43. The molecule has 0 spiro atoms. The average molecular weight is 283 g/mol. The second-order valence-corrected chi connectivity index (χ2v) is 7.17. The molecule has 1 fully saturated rings. The van der Waals surface area contributed by atoms with E-state index in [4.69, 9.17) is 5.73 Å². The van der Waals surface area contributed by atoms with Crippen LogP contribution in [-0.4, -0.2) is 28.6 Å². The quantitative estimate of drug-likeness (QED) is 0.819. The summed E-state index contributed by atoms with van der Waals surface area (Å²) in [6.07, 6.45) is 0. The van der Waals surface area contributed by atoms with Gasteiger partial charge in [0.05, 0.1) is 16.3 Å². The van der Waals surface area contributed by atoms with Crippen molar-refractivity contribution in [2.45, 2.75) is 18.7 Å². The third-order valence-electron chi connectivity index (χ3n) is 3.91. The number of nitrogens with one attached hydrogen (secondary N) is 1. The van der Waals surface area contributed by atoms with Gasteiger partial charge in [0, 0.05) is 13.1 Å². The van der Waals surface area contributed by atoms with E-state index >= 15 is 0 Å². The van der Waals surface area contributed by atoms with Gasteiger partial charge >= 0.3 is 0 Å². The van der Waals surface area contributed by atoms with Crippen molar-refractivity contribution in [1.82, 2.24) is 4.72 Å². The predicted octanol–water partition coefficient (Wildman–Crippen LogP) is 1.27. The van der Waals surface area contributed by atoms with Crippen LogP contribution in [0.3, 0.4) is 0 Å². The number of nitrogen functional groups attached to an aromatic ring is 1. The van der Waals surface area contributed by atoms with Crippen molar-refractivity contribution >= 4 is 21.4 Å². The first-order valence-electron chi connectivity index (χ1n) is 6.43. The highest BCUT2D eigenvalue weighted by molar-refractivity contribution is 7.89. The normalized spacial score (nSPS) is 23.8. The third kappa shape index (κ3) is 2.69.